The van der Waals surface area contributed by atoms with E-state index in [2.05, 4.69) is 41.9 Å². The molecule has 1 aromatic heterocycles. The van der Waals surface area contributed by atoms with Gasteiger partial charge >= 0.3 is 0 Å². The van der Waals surface area contributed by atoms with Crippen LogP contribution in [0.2, 0.25) is 0 Å². The number of halogens is 2. The summed E-state index contributed by atoms with van der Waals surface area (Å²) in [7, 11) is -3.46. The van der Waals surface area contributed by atoms with E-state index in [1.54, 1.807) is 6.07 Å². The molecule has 0 spiro atoms. The van der Waals surface area contributed by atoms with Gasteiger partial charge in [0, 0.05) is 6.04 Å². The molecule has 0 amide bonds. The molecule has 1 aliphatic rings. The maximum Gasteiger partial charge on any atom is 0.242 e. The Morgan fingerprint density at radius 1 is 1.53 bits per heavy atom. The van der Waals surface area contributed by atoms with Gasteiger partial charge in [0.2, 0.25) is 10.0 Å². The summed E-state index contributed by atoms with van der Waals surface area (Å²) in [4.78, 5) is 0.306. The molecule has 2 unspecified atom stereocenters. The van der Waals surface area contributed by atoms with Crippen LogP contribution in [0.3, 0.4) is 0 Å². The van der Waals surface area contributed by atoms with Gasteiger partial charge in [0.05, 0.1) is 7.57 Å². The van der Waals surface area contributed by atoms with Crippen LogP contribution in [-0.4, -0.2) is 27.5 Å². The Bertz CT molecular complexity index is 539. The first kappa shape index (κ1) is 15.9. The lowest BCUT2D eigenvalue weighted by atomic mass is 9.94. The Morgan fingerprint density at radius 3 is 2.79 bits per heavy atom. The van der Waals surface area contributed by atoms with Crippen molar-refractivity contribution in [2.75, 3.05) is 13.1 Å². The van der Waals surface area contributed by atoms with Crippen LogP contribution in [-0.2, 0) is 10.0 Å². The molecule has 0 radical (unpaired) electrons. The molecule has 1 aromatic rings. The summed E-state index contributed by atoms with van der Waals surface area (Å²) in [5.74, 6) is 0.351. The average Bonchev–Trinajstić information content (AvgIpc) is 2.70. The van der Waals surface area contributed by atoms with E-state index in [9.17, 15) is 8.42 Å². The first-order valence-electron chi connectivity index (χ1n) is 6.08. The SMILES string of the molecule is CC(NS(=O)(=O)c1cc(Br)sc1Br)C1CCCNC1. The molecule has 1 aliphatic heterocycles. The van der Waals surface area contributed by atoms with Crippen LogP contribution < -0.4 is 10.0 Å². The van der Waals surface area contributed by atoms with Crippen molar-refractivity contribution in [3.05, 3.63) is 13.6 Å². The maximum atomic E-state index is 12.3. The Balaban J connectivity index is 2.10. The summed E-state index contributed by atoms with van der Waals surface area (Å²) >= 11 is 7.96. The first-order valence-corrected chi connectivity index (χ1v) is 9.96. The molecule has 1 saturated heterocycles. The van der Waals surface area contributed by atoms with E-state index in [1.165, 1.54) is 11.3 Å². The van der Waals surface area contributed by atoms with Gasteiger partial charge in [-0.3, -0.25) is 0 Å². The van der Waals surface area contributed by atoms with Crippen LogP contribution in [0.4, 0.5) is 0 Å². The predicted octanol–water partition coefficient (Wildman–Crippen LogP) is 2.94. The van der Waals surface area contributed by atoms with Crippen molar-refractivity contribution in [3.63, 3.8) is 0 Å². The summed E-state index contributed by atoms with van der Waals surface area (Å²) in [6.45, 7) is 3.84. The molecule has 19 heavy (non-hydrogen) atoms. The molecule has 2 heterocycles. The van der Waals surface area contributed by atoms with Crippen molar-refractivity contribution in [2.24, 2.45) is 5.92 Å². The van der Waals surface area contributed by atoms with Crippen LogP contribution in [0.5, 0.6) is 0 Å². The van der Waals surface area contributed by atoms with Gasteiger partial charge in [-0.25, -0.2) is 13.1 Å². The molecule has 0 saturated carbocycles. The van der Waals surface area contributed by atoms with Crippen LogP contribution in [0.15, 0.2) is 18.5 Å². The van der Waals surface area contributed by atoms with Gasteiger partial charge in [-0.2, -0.15) is 0 Å². The number of rotatable bonds is 4. The van der Waals surface area contributed by atoms with Gasteiger partial charge in [0.1, 0.15) is 4.90 Å². The summed E-state index contributed by atoms with van der Waals surface area (Å²) in [5.41, 5.74) is 0. The zero-order valence-electron chi connectivity index (χ0n) is 10.4. The Hall–Kier alpha value is 0.530. The van der Waals surface area contributed by atoms with E-state index in [0.29, 0.717) is 14.6 Å². The fourth-order valence-corrected chi connectivity index (χ4v) is 7.34. The first-order chi connectivity index (χ1) is 8.90. The largest absolute Gasteiger partial charge is 0.316 e. The van der Waals surface area contributed by atoms with Crippen molar-refractivity contribution in [3.8, 4) is 0 Å². The number of hydrogen-bond donors (Lipinski definition) is 2. The van der Waals surface area contributed by atoms with Gasteiger partial charge in [0.25, 0.3) is 0 Å². The highest BCUT2D eigenvalue weighted by Crippen LogP contribution is 2.35. The number of thiophene rings is 1. The molecule has 0 aliphatic carbocycles. The third-order valence-electron chi connectivity index (χ3n) is 3.30. The summed E-state index contributed by atoms with van der Waals surface area (Å²) in [6.07, 6.45) is 2.16. The number of nitrogens with one attached hydrogen (secondary N) is 2. The van der Waals surface area contributed by atoms with Crippen molar-refractivity contribution in [2.45, 2.75) is 30.7 Å². The maximum absolute atomic E-state index is 12.3. The molecule has 2 atom stereocenters. The molecule has 4 nitrogen and oxygen atoms in total. The van der Waals surface area contributed by atoms with Crippen LogP contribution in [0.1, 0.15) is 19.8 Å². The highest BCUT2D eigenvalue weighted by atomic mass is 79.9. The fraction of sp³-hybridized carbons (Fsp3) is 0.636. The highest BCUT2D eigenvalue weighted by Gasteiger charge is 2.27. The van der Waals surface area contributed by atoms with Gasteiger partial charge in [-0.05, 0) is 76.7 Å². The quantitative estimate of drug-likeness (QED) is 0.770. The molecule has 0 bridgehead atoms. The molecule has 108 valence electrons. The summed E-state index contributed by atoms with van der Waals surface area (Å²) in [5, 5.41) is 3.31. The third-order valence-corrected chi connectivity index (χ3v) is 7.61. The Morgan fingerprint density at radius 2 is 2.26 bits per heavy atom. The smallest absolute Gasteiger partial charge is 0.242 e. The van der Waals surface area contributed by atoms with Crippen molar-refractivity contribution in [1.82, 2.24) is 10.0 Å². The van der Waals surface area contributed by atoms with E-state index in [4.69, 9.17) is 0 Å². The van der Waals surface area contributed by atoms with E-state index < -0.39 is 10.0 Å². The minimum Gasteiger partial charge on any atom is -0.316 e. The number of sulfonamides is 1. The van der Waals surface area contributed by atoms with E-state index in [0.717, 1.165) is 29.7 Å². The van der Waals surface area contributed by atoms with Crippen LogP contribution in [0.25, 0.3) is 0 Å². The second kappa shape index (κ2) is 6.53. The second-order valence-corrected chi connectivity index (χ2v) is 10.1. The van der Waals surface area contributed by atoms with Gasteiger partial charge in [-0.15, -0.1) is 11.3 Å². The lowest BCUT2D eigenvalue weighted by molar-refractivity contribution is 0.320. The van der Waals surface area contributed by atoms with Gasteiger partial charge in [-0.1, -0.05) is 0 Å². The van der Waals surface area contributed by atoms with Crippen molar-refractivity contribution in [1.29, 1.82) is 0 Å². The normalized spacial score (nSPS) is 22.4. The Kier molecular flexibility index (Phi) is 5.47. The molecule has 0 aromatic carbocycles. The van der Waals surface area contributed by atoms with Crippen molar-refractivity contribution >= 4 is 53.2 Å². The van der Waals surface area contributed by atoms with Crippen LogP contribution in [0, 0.1) is 5.92 Å². The third kappa shape index (κ3) is 4.01. The monoisotopic (exact) mass is 430 g/mol. The minimum atomic E-state index is -3.46. The van der Waals surface area contributed by atoms with E-state index in [1.807, 2.05) is 6.92 Å². The fourth-order valence-electron chi connectivity index (χ4n) is 2.22. The predicted molar refractivity (Wildman–Crippen MR) is 85.1 cm³/mol. The molecule has 2 N–H and O–H groups in total. The zero-order chi connectivity index (χ0) is 14.0. The van der Waals surface area contributed by atoms with Crippen LogP contribution >= 0.6 is 43.2 Å². The lowest BCUT2D eigenvalue weighted by Crippen LogP contribution is -2.44. The molecular formula is C11H16Br2N2O2S2. The molecule has 2 rings (SSSR count). The minimum absolute atomic E-state index is 0.0663. The van der Waals surface area contributed by atoms with Gasteiger partial charge < -0.3 is 5.32 Å². The zero-order valence-corrected chi connectivity index (χ0v) is 15.3. The highest BCUT2D eigenvalue weighted by molar-refractivity contribution is 9.12. The second-order valence-electron chi connectivity index (χ2n) is 4.70. The van der Waals surface area contributed by atoms with E-state index in [-0.39, 0.29) is 6.04 Å². The number of hydrogen-bond acceptors (Lipinski definition) is 4. The Labute approximate surface area is 134 Å². The summed E-state index contributed by atoms with van der Waals surface area (Å²) in [6, 6.07) is 1.56. The molecule has 8 heteroatoms. The standard InChI is InChI=1S/C11H16Br2N2O2S2/c1-7(8-3-2-4-14-6-8)15-19(16,17)9-5-10(12)18-11(9)13/h5,7-8,14-15H,2-4,6H2,1H3. The average molecular weight is 432 g/mol. The van der Waals surface area contributed by atoms with Gasteiger partial charge in [0.15, 0.2) is 0 Å². The van der Waals surface area contributed by atoms with Crippen molar-refractivity contribution < 1.29 is 8.42 Å². The summed E-state index contributed by atoms with van der Waals surface area (Å²) < 4.78 is 28.9. The molecular weight excluding hydrogens is 416 g/mol. The topological polar surface area (TPSA) is 58.2 Å². The number of piperidine rings is 1. The van der Waals surface area contributed by atoms with E-state index >= 15 is 0 Å². The lowest BCUT2D eigenvalue weighted by Gasteiger charge is -2.28. The molecule has 1 fully saturated rings.